The molecule has 0 aliphatic carbocycles. The Labute approximate surface area is 189 Å². The molecule has 0 unspecified atom stereocenters. The number of hydrogen-bond donors (Lipinski definition) is 1. The first-order valence-electron chi connectivity index (χ1n) is 10.9. The first-order valence-corrected chi connectivity index (χ1v) is 10.9. The molecule has 1 fully saturated rings. The normalized spacial score (nSPS) is 14.7. The average Bonchev–Trinajstić information content (AvgIpc) is 2.83. The summed E-state index contributed by atoms with van der Waals surface area (Å²) in [5.41, 5.74) is 1.72. The van der Waals surface area contributed by atoms with E-state index in [0.29, 0.717) is 48.3 Å². The van der Waals surface area contributed by atoms with E-state index in [2.05, 4.69) is 19.9 Å². The molecule has 1 N–H and O–H groups in total. The van der Waals surface area contributed by atoms with Crippen molar-refractivity contribution in [1.29, 1.82) is 0 Å². The summed E-state index contributed by atoms with van der Waals surface area (Å²) < 4.78 is 12.2. The van der Waals surface area contributed by atoms with Crippen molar-refractivity contribution in [3.05, 3.63) is 63.1 Å². The summed E-state index contributed by atoms with van der Waals surface area (Å²) in [5.74, 6) is 2.02. The lowest BCUT2D eigenvalue weighted by Gasteiger charge is -2.33. The number of fused-ring (bicyclic) bond motifs is 2. The molecule has 1 aliphatic rings. The van der Waals surface area contributed by atoms with Crippen LogP contribution in [0, 0.1) is 6.92 Å². The van der Waals surface area contributed by atoms with Crippen molar-refractivity contribution in [1.82, 2.24) is 19.5 Å². The van der Waals surface area contributed by atoms with Gasteiger partial charge in [0.1, 0.15) is 12.1 Å². The Kier molecular flexibility index (Phi) is 5.24. The van der Waals surface area contributed by atoms with Gasteiger partial charge in [-0.3, -0.25) is 9.36 Å². The van der Waals surface area contributed by atoms with Crippen molar-refractivity contribution in [3.63, 3.8) is 0 Å². The number of ether oxygens (including phenoxy) is 2. The average molecular weight is 447 g/mol. The van der Waals surface area contributed by atoms with Crippen molar-refractivity contribution >= 4 is 27.6 Å². The lowest BCUT2D eigenvalue weighted by Crippen LogP contribution is -2.43. The maximum Gasteiger partial charge on any atom is 0.329 e. The predicted octanol–water partition coefficient (Wildman–Crippen LogP) is 2.80. The monoisotopic (exact) mass is 447 g/mol. The minimum Gasteiger partial charge on any atom is -0.493 e. The second-order valence-corrected chi connectivity index (χ2v) is 8.29. The number of nitrogens with zero attached hydrogens (tertiary/aromatic N) is 4. The van der Waals surface area contributed by atoms with E-state index in [1.165, 1.54) is 10.9 Å². The van der Waals surface area contributed by atoms with Crippen LogP contribution in [0.2, 0.25) is 0 Å². The number of benzene rings is 2. The molecule has 9 heteroatoms. The summed E-state index contributed by atoms with van der Waals surface area (Å²) in [6.45, 7) is 3.25. The van der Waals surface area contributed by atoms with E-state index in [-0.39, 0.29) is 17.3 Å². The number of methoxy groups -OCH3 is 2. The van der Waals surface area contributed by atoms with Crippen LogP contribution in [0.25, 0.3) is 21.8 Å². The molecule has 1 aliphatic heterocycles. The van der Waals surface area contributed by atoms with E-state index in [4.69, 9.17) is 9.47 Å². The minimum atomic E-state index is -0.362. The van der Waals surface area contributed by atoms with Crippen LogP contribution in [0.3, 0.4) is 0 Å². The van der Waals surface area contributed by atoms with Crippen LogP contribution in [0.4, 0.5) is 5.82 Å². The van der Waals surface area contributed by atoms with Crippen LogP contribution in [-0.4, -0.2) is 46.8 Å². The molecule has 4 aromatic rings. The zero-order valence-electron chi connectivity index (χ0n) is 18.8. The van der Waals surface area contributed by atoms with Crippen molar-refractivity contribution in [3.8, 4) is 11.5 Å². The van der Waals surface area contributed by atoms with E-state index in [0.717, 1.165) is 22.3 Å². The first-order chi connectivity index (χ1) is 16.0. The van der Waals surface area contributed by atoms with Gasteiger partial charge in [0.05, 0.1) is 30.6 Å². The quantitative estimate of drug-likeness (QED) is 0.513. The largest absolute Gasteiger partial charge is 0.493 e. The summed E-state index contributed by atoms with van der Waals surface area (Å²) in [5, 5.41) is 1.41. The van der Waals surface area contributed by atoms with Gasteiger partial charge in [-0.15, -0.1) is 0 Å². The number of rotatable bonds is 4. The van der Waals surface area contributed by atoms with Crippen LogP contribution >= 0.6 is 0 Å². The van der Waals surface area contributed by atoms with Crippen molar-refractivity contribution in [2.75, 3.05) is 32.2 Å². The molecule has 0 radical (unpaired) electrons. The Balaban J connectivity index is 1.46. The fraction of sp³-hybridized carbons (Fsp3) is 0.333. The standard InChI is InChI=1S/C24H25N5O4/c1-14-4-5-18-17(10-14)23(30)29(24(31)27-18)15-6-8-28(9-7-15)22-16-11-20(32-2)21(33-3)12-19(16)25-13-26-22/h4-5,10-13,15H,6-9H2,1-3H3,(H,27,31). The molecule has 5 rings (SSSR count). The number of hydrogen-bond acceptors (Lipinski definition) is 7. The zero-order chi connectivity index (χ0) is 23.1. The van der Waals surface area contributed by atoms with E-state index in [1.54, 1.807) is 20.3 Å². The van der Waals surface area contributed by atoms with E-state index >= 15 is 0 Å². The predicted molar refractivity (Wildman–Crippen MR) is 127 cm³/mol. The molecule has 170 valence electrons. The van der Waals surface area contributed by atoms with Crippen LogP contribution in [0.5, 0.6) is 11.5 Å². The zero-order valence-corrected chi connectivity index (χ0v) is 18.8. The number of anilines is 1. The van der Waals surface area contributed by atoms with E-state index < -0.39 is 0 Å². The van der Waals surface area contributed by atoms with Gasteiger partial charge in [-0.25, -0.2) is 14.8 Å². The fourth-order valence-electron chi connectivity index (χ4n) is 4.63. The Morgan fingerprint density at radius 2 is 1.70 bits per heavy atom. The lowest BCUT2D eigenvalue weighted by molar-refractivity contribution is 0.355. The van der Waals surface area contributed by atoms with E-state index in [9.17, 15) is 9.59 Å². The van der Waals surface area contributed by atoms with Crippen molar-refractivity contribution in [2.24, 2.45) is 0 Å². The molecule has 2 aromatic carbocycles. The van der Waals surface area contributed by atoms with Gasteiger partial charge in [0, 0.05) is 30.6 Å². The van der Waals surface area contributed by atoms with Gasteiger partial charge >= 0.3 is 5.69 Å². The highest BCUT2D eigenvalue weighted by Crippen LogP contribution is 2.36. The molecule has 3 heterocycles. The SMILES string of the molecule is COc1cc2ncnc(N3CCC(n4c(=O)[nH]c5ccc(C)cc5c4=O)CC3)c2cc1OC. The molecule has 0 atom stereocenters. The van der Waals surface area contributed by atoms with Gasteiger partial charge in [-0.1, -0.05) is 11.6 Å². The Morgan fingerprint density at radius 1 is 0.970 bits per heavy atom. The lowest BCUT2D eigenvalue weighted by atomic mass is 10.0. The van der Waals surface area contributed by atoms with Crippen LogP contribution < -0.4 is 25.6 Å². The van der Waals surface area contributed by atoms with Crippen LogP contribution in [-0.2, 0) is 0 Å². The summed E-state index contributed by atoms with van der Waals surface area (Å²) in [6, 6.07) is 9.04. The van der Waals surface area contributed by atoms with Gasteiger partial charge < -0.3 is 19.4 Å². The molecule has 2 aromatic heterocycles. The summed E-state index contributed by atoms with van der Waals surface area (Å²) in [7, 11) is 3.19. The van der Waals surface area contributed by atoms with Gasteiger partial charge in [0.2, 0.25) is 0 Å². The minimum absolute atomic E-state index is 0.176. The Bertz CT molecular complexity index is 1470. The van der Waals surface area contributed by atoms with Crippen molar-refractivity contribution in [2.45, 2.75) is 25.8 Å². The third-order valence-electron chi connectivity index (χ3n) is 6.33. The Morgan fingerprint density at radius 3 is 2.42 bits per heavy atom. The van der Waals surface area contributed by atoms with Gasteiger partial charge in [-0.2, -0.15) is 0 Å². The van der Waals surface area contributed by atoms with Gasteiger partial charge in [0.15, 0.2) is 11.5 Å². The molecule has 9 nitrogen and oxygen atoms in total. The second-order valence-electron chi connectivity index (χ2n) is 8.29. The van der Waals surface area contributed by atoms with Gasteiger partial charge in [-0.05, 0) is 38.0 Å². The molecule has 33 heavy (non-hydrogen) atoms. The number of aryl methyl sites for hydroxylation is 1. The molecular formula is C24H25N5O4. The van der Waals surface area contributed by atoms with Gasteiger partial charge in [0.25, 0.3) is 5.56 Å². The third-order valence-corrected chi connectivity index (χ3v) is 6.33. The number of aromatic amines is 1. The fourth-order valence-corrected chi connectivity index (χ4v) is 4.63. The highest BCUT2D eigenvalue weighted by atomic mass is 16.5. The maximum absolute atomic E-state index is 13.1. The second kappa shape index (κ2) is 8.23. The number of nitrogens with one attached hydrogen (secondary N) is 1. The van der Waals surface area contributed by atoms with Crippen molar-refractivity contribution < 1.29 is 9.47 Å². The molecule has 0 bridgehead atoms. The van der Waals surface area contributed by atoms with E-state index in [1.807, 2.05) is 31.2 Å². The topological polar surface area (TPSA) is 102 Å². The highest BCUT2D eigenvalue weighted by Gasteiger charge is 2.26. The summed E-state index contributed by atoms with van der Waals surface area (Å²) in [6.07, 6.45) is 2.84. The molecular weight excluding hydrogens is 422 g/mol. The number of piperidine rings is 1. The molecule has 1 saturated heterocycles. The summed E-state index contributed by atoms with van der Waals surface area (Å²) >= 11 is 0. The smallest absolute Gasteiger partial charge is 0.329 e. The third kappa shape index (κ3) is 3.59. The molecule has 0 saturated carbocycles. The maximum atomic E-state index is 13.1. The van der Waals surface area contributed by atoms with Crippen LogP contribution in [0.15, 0.2) is 46.2 Å². The molecule has 0 amide bonds. The number of aromatic nitrogens is 4. The first kappa shape index (κ1) is 21.0. The van der Waals surface area contributed by atoms with Crippen LogP contribution in [0.1, 0.15) is 24.4 Å². The highest BCUT2D eigenvalue weighted by molar-refractivity contribution is 5.92. The summed E-state index contributed by atoms with van der Waals surface area (Å²) in [4.78, 5) is 39.8. The Hall–Kier alpha value is -3.88. The molecule has 0 spiro atoms. The number of H-pyrrole nitrogens is 1.